The molecule has 1 amide bonds. The van der Waals surface area contributed by atoms with E-state index in [-0.39, 0.29) is 5.91 Å². The second-order valence-corrected chi connectivity index (χ2v) is 7.79. The number of hydrogen-bond acceptors (Lipinski definition) is 5. The minimum atomic E-state index is -0.245. The first-order valence-electron chi connectivity index (χ1n) is 10.1. The van der Waals surface area contributed by atoms with Crippen LogP contribution in [-0.2, 0) is 11.3 Å². The predicted molar refractivity (Wildman–Crippen MR) is 119 cm³/mol. The number of imidazole rings is 1. The highest BCUT2D eigenvalue weighted by Gasteiger charge is 2.14. The number of anilines is 1. The van der Waals surface area contributed by atoms with Crippen molar-refractivity contribution in [2.45, 2.75) is 6.54 Å². The Morgan fingerprint density at radius 2 is 2.03 bits per heavy atom. The van der Waals surface area contributed by atoms with Crippen molar-refractivity contribution in [2.75, 3.05) is 31.6 Å². The van der Waals surface area contributed by atoms with Crippen LogP contribution in [0.3, 0.4) is 0 Å². The summed E-state index contributed by atoms with van der Waals surface area (Å²) in [4.78, 5) is 23.0. The summed E-state index contributed by atoms with van der Waals surface area (Å²) in [6.45, 7) is 4.06. The SMILES string of the molecule is O=C(Nc1ccc2nc(CN3CCOCC3)[nH]c2c1)c1cnn(-c2ccccc2Cl)c1. The third-order valence-electron chi connectivity index (χ3n) is 5.21. The van der Waals surface area contributed by atoms with Crippen molar-refractivity contribution >= 4 is 34.2 Å². The third kappa shape index (κ3) is 4.32. The quantitative estimate of drug-likeness (QED) is 0.500. The standard InChI is InChI=1S/C22H21ClN6O2/c23-17-3-1-2-4-20(17)29-13-15(12-24-29)22(30)25-16-5-6-18-19(11-16)27-21(26-18)14-28-7-9-31-10-8-28/h1-6,11-13H,7-10,14H2,(H,25,30)(H,26,27). The Kier molecular flexibility index (Phi) is 5.42. The van der Waals surface area contributed by atoms with E-state index in [2.05, 4.69) is 25.3 Å². The van der Waals surface area contributed by atoms with Gasteiger partial charge < -0.3 is 15.0 Å². The highest BCUT2D eigenvalue weighted by molar-refractivity contribution is 6.32. The first-order valence-corrected chi connectivity index (χ1v) is 10.4. The number of carbonyl (C=O) groups excluding carboxylic acids is 1. The van der Waals surface area contributed by atoms with Crippen LogP contribution in [0.25, 0.3) is 16.7 Å². The Balaban J connectivity index is 1.30. The Bertz CT molecular complexity index is 1230. The summed E-state index contributed by atoms with van der Waals surface area (Å²) in [5.41, 5.74) is 3.60. The first-order chi connectivity index (χ1) is 15.2. The Hall–Kier alpha value is -3.20. The minimum Gasteiger partial charge on any atom is -0.379 e. The zero-order chi connectivity index (χ0) is 21.2. The van der Waals surface area contributed by atoms with Crippen molar-refractivity contribution in [3.8, 4) is 5.69 Å². The largest absolute Gasteiger partial charge is 0.379 e. The van der Waals surface area contributed by atoms with E-state index < -0.39 is 0 Å². The van der Waals surface area contributed by atoms with Gasteiger partial charge in [0.25, 0.3) is 5.91 Å². The summed E-state index contributed by atoms with van der Waals surface area (Å²) in [6.07, 6.45) is 3.18. The number of halogens is 1. The van der Waals surface area contributed by atoms with Crippen LogP contribution >= 0.6 is 11.6 Å². The van der Waals surface area contributed by atoms with Gasteiger partial charge >= 0.3 is 0 Å². The maximum absolute atomic E-state index is 12.7. The summed E-state index contributed by atoms with van der Waals surface area (Å²) < 4.78 is 6.98. The van der Waals surface area contributed by atoms with Gasteiger partial charge in [-0.1, -0.05) is 23.7 Å². The second-order valence-electron chi connectivity index (χ2n) is 7.38. The number of rotatable bonds is 5. The lowest BCUT2D eigenvalue weighted by molar-refractivity contribution is 0.0332. The molecule has 9 heteroatoms. The molecule has 0 radical (unpaired) electrons. The maximum atomic E-state index is 12.7. The molecule has 1 fully saturated rings. The van der Waals surface area contributed by atoms with E-state index in [1.807, 2.05) is 36.4 Å². The molecule has 1 saturated heterocycles. The fourth-order valence-electron chi connectivity index (χ4n) is 3.60. The molecule has 4 aromatic rings. The summed E-state index contributed by atoms with van der Waals surface area (Å²) in [5, 5.41) is 7.75. The van der Waals surface area contributed by atoms with E-state index in [9.17, 15) is 4.79 Å². The molecule has 0 atom stereocenters. The number of nitrogens with one attached hydrogen (secondary N) is 2. The number of aromatic nitrogens is 4. The molecule has 5 rings (SSSR count). The van der Waals surface area contributed by atoms with Gasteiger partial charge in [-0.25, -0.2) is 9.67 Å². The van der Waals surface area contributed by atoms with E-state index in [0.29, 0.717) is 16.3 Å². The van der Waals surface area contributed by atoms with Gasteiger partial charge in [-0.15, -0.1) is 0 Å². The number of H-pyrrole nitrogens is 1. The van der Waals surface area contributed by atoms with Crippen molar-refractivity contribution in [3.05, 3.63) is 71.3 Å². The van der Waals surface area contributed by atoms with Crippen molar-refractivity contribution in [2.24, 2.45) is 0 Å². The lowest BCUT2D eigenvalue weighted by Crippen LogP contribution is -2.35. The Morgan fingerprint density at radius 1 is 1.19 bits per heavy atom. The van der Waals surface area contributed by atoms with E-state index >= 15 is 0 Å². The summed E-state index contributed by atoms with van der Waals surface area (Å²) in [7, 11) is 0. The smallest absolute Gasteiger partial charge is 0.258 e. The van der Waals surface area contributed by atoms with Gasteiger partial charge in [0.2, 0.25) is 0 Å². The van der Waals surface area contributed by atoms with Crippen LogP contribution in [0.15, 0.2) is 54.9 Å². The molecular weight excluding hydrogens is 416 g/mol. The summed E-state index contributed by atoms with van der Waals surface area (Å²) >= 11 is 6.22. The van der Waals surface area contributed by atoms with Crippen LogP contribution in [-0.4, -0.2) is 56.9 Å². The Morgan fingerprint density at radius 3 is 2.87 bits per heavy atom. The number of nitrogens with zero attached hydrogens (tertiary/aromatic N) is 4. The number of fused-ring (bicyclic) bond motifs is 1. The molecule has 2 aromatic carbocycles. The molecule has 3 heterocycles. The number of aromatic amines is 1. The fourth-order valence-corrected chi connectivity index (χ4v) is 3.82. The number of amides is 1. The fraction of sp³-hybridized carbons (Fsp3) is 0.227. The normalized spacial score (nSPS) is 14.7. The first kappa shape index (κ1) is 19.7. The van der Waals surface area contributed by atoms with Crippen LogP contribution in [0.2, 0.25) is 5.02 Å². The maximum Gasteiger partial charge on any atom is 0.258 e. The lowest BCUT2D eigenvalue weighted by atomic mass is 10.2. The van der Waals surface area contributed by atoms with Crippen LogP contribution in [0.1, 0.15) is 16.2 Å². The van der Waals surface area contributed by atoms with Crippen molar-refractivity contribution in [1.82, 2.24) is 24.6 Å². The number of morpholine rings is 1. The third-order valence-corrected chi connectivity index (χ3v) is 5.53. The number of hydrogen-bond donors (Lipinski definition) is 2. The average Bonchev–Trinajstić information content (AvgIpc) is 3.41. The zero-order valence-electron chi connectivity index (χ0n) is 16.7. The summed E-state index contributed by atoms with van der Waals surface area (Å²) in [6, 6.07) is 13.0. The highest BCUT2D eigenvalue weighted by Crippen LogP contribution is 2.21. The molecule has 2 N–H and O–H groups in total. The van der Waals surface area contributed by atoms with E-state index in [1.54, 1.807) is 16.9 Å². The van der Waals surface area contributed by atoms with Crippen LogP contribution < -0.4 is 5.32 Å². The predicted octanol–water partition coefficient (Wildman–Crippen LogP) is 3.49. The van der Waals surface area contributed by atoms with E-state index in [4.69, 9.17) is 16.3 Å². The van der Waals surface area contributed by atoms with Gasteiger partial charge in [0.15, 0.2) is 0 Å². The molecule has 0 unspecified atom stereocenters. The average molecular weight is 437 g/mol. The van der Waals surface area contributed by atoms with E-state index in [1.165, 1.54) is 6.20 Å². The molecular formula is C22H21ClN6O2. The van der Waals surface area contributed by atoms with E-state index in [0.717, 1.165) is 55.4 Å². The van der Waals surface area contributed by atoms with Gasteiger partial charge in [-0.2, -0.15) is 5.10 Å². The molecule has 1 aliphatic rings. The Labute approximate surface area is 183 Å². The molecule has 0 aliphatic carbocycles. The minimum absolute atomic E-state index is 0.245. The van der Waals surface area contributed by atoms with Crippen LogP contribution in [0.4, 0.5) is 5.69 Å². The number of ether oxygens (including phenoxy) is 1. The molecule has 1 aliphatic heterocycles. The molecule has 2 aromatic heterocycles. The second kappa shape index (κ2) is 8.50. The molecule has 158 valence electrons. The zero-order valence-corrected chi connectivity index (χ0v) is 17.5. The number of carbonyl (C=O) groups is 1. The topological polar surface area (TPSA) is 88.1 Å². The van der Waals surface area contributed by atoms with Crippen molar-refractivity contribution in [1.29, 1.82) is 0 Å². The monoisotopic (exact) mass is 436 g/mol. The molecule has 0 saturated carbocycles. The van der Waals surface area contributed by atoms with Gasteiger partial charge in [0, 0.05) is 25.0 Å². The molecule has 0 spiro atoms. The molecule has 8 nitrogen and oxygen atoms in total. The van der Waals surface area contributed by atoms with Gasteiger partial charge in [-0.3, -0.25) is 9.69 Å². The van der Waals surface area contributed by atoms with Crippen LogP contribution in [0.5, 0.6) is 0 Å². The summed E-state index contributed by atoms with van der Waals surface area (Å²) in [5.74, 6) is 0.659. The van der Waals surface area contributed by atoms with Crippen molar-refractivity contribution < 1.29 is 9.53 Å². The highest BCUT2D eigenvalue weighted by atomic mass is 35.5. The van der Waals surface area contributed by atoms with Gasteiger partial charge in [0.1, 0.15) is 5.82 Å². The molecule has 0 bridgehead atoms. The van der Waals surface area contributed by atoms with Crippen LogP contribution in [0, 0.1) is 0 Å². The number of benzene rings is 2. The molecule has 31 heavy (non-hydrogen) atoms. The van der Waals surface area contributed by atoms with Gasteiger partial charge in [0.05, 0.1) is 53.3 Å². The lowest BCUT2D eigenvalue weighted by Gasteiger charge is -2.25. The van der Waals surface area contributed by atoms with Gasteiger partial charge in [-0.05, 0) is 30.3 Å². The van der Waals surface area contributed by atoms with Crippen molar-refractivity contribution in [3.63, 3.8) is 0 Å². The number of para-hydroxylation sites is 1.